The Labute approximate surface area is 133 Å². The molecule has 6 nitrogen and oxygen atoms in total. The second-order valence-electron chi connectivity index (χ2n) is 5.54. The number of rotatable bonds is 3. The molecule has 23 heavy (non-hydrogen) atoms. The summed E-state index contributed by atoms with van der Waals surface area (Å²) in [6, 6.07) is 12.5. The molecule has 0 saturated heterocycles. The minimum Gasteiger partial charge on any atom is -0.322 e. The number of fused-ring (bicyclic) bond motifs is 1. The molecule has 4 aromatic rings. The molecule has 114 valence electrons. The van der Waals surface area contributed by atoms with Crippen molar-refractivity contribution in [3.63, 3.8) is 0 Å². The largest absolute Gasteiger partial charge is 0.322 e. The fraction of sp³-hybridized carbons (Fsp3) is 0.176. The van der Waals surface area contributed by atoms with Crippen LogP contribution in [0.2, 0.25) is 0 Å². The molecular weight excluding hydrogens is 288 g/mol. The summed E-state index contributed by atoms with van der Waals surface area (Å²) in [6.07, 6.45) is 3.56. The first-order chi connectivity index (χ1) is 11.2. The predicted molar refractivity (Wildman–Crippen MR) is 87.8 cm³/mol. The van der Waals surface area contributed by atoms with Crippen LogP contribution in [-0.2, 0) is 13.6 Å². The summed E-state index contributed by atoms with van der Waals surface area (Å²) in [7, 11) is 1.87. The van der Waals surface area contributed by atoms with Crippen LogP contribution in [0.4, 0.5) is 0 Å². The normalized spacial score (nSPS) is 11.2. The molecule has 0 spiro atoms. The summed E-state index contributed by atoms with van der Waals surface area (Å²) in [6.45, 7) is 2.79. The first kappa shape index (κ1) is 13.6. The van der Waals surface area contributed by atoms with Gasteiger partial charge in [0, 0.05) is 25.4 Å². The van der Waals surface area contributed by atoms with Crippen molar-refractivity contribution < 1.29 is 0 Å². The molecule has 0 fully saturated rings. The molecule has 0 aliphatic heterocycles. The molecule has 0 amide bonds. The van der Waals surface area contributed by atoms with Crippen LogP contribution in [0.25, 0.3) is 22.4 Å². The molecule has 0 aliphatic rings. The van der Waals surface area contributed by atoms with Crippen molar-refractivity contribution in [2.75, 3.05) is 0 Å². The highest BCUT2D eigenvalue weighted by atomic mass is 15.4. The zero-order valence-electron chi connectivity index (χ0n) is 13.0. The Hall–Kier alpha value is -3.02. The molecule has 0 bridgehead atoms. The Morgan fingerprint density at radius 1 is 1.09 bits per heavy atom. The molecule has 0 N–H and O–H groups in total. The average Bonchev–Trinajstić information content (AvgIpc) is 3.12. The van der Waals surface area contributed by atoms with Gasteiger partial charge in [-0.05, 0) is 18.6 Å². The molecule has 0 saturated carbocycles. The van der Waals surface area contributed by atoms with Crippen LogP contribution in [0.3, 0.4) is 0 Å². The smallest absolute Gasteiger partial charge is 0.177 e. The molecule has 3 aromatic heterocycles. The average molecular weight is 304 g/mol. The highest BCUT2D eigenvalue weighted by Crippen LogP contribution is 2.23. The number of aryl methyl sites for hydroxylation is 2. The van der Waals surface area contributed by atoms with Crippen LogP contribution in [-0.4, -0.2) is 29.5 Å². The van der Waals surface area contributed by atoms with Crippen molar-refractivity contribution in [1.82, 2.24) is 29.5 Å². The van der Waals surface area contributed by atoms with Crippen LogP contribution < -0.4 is 0 Å². The van der Waals surface area contributed by atoms with Crippen molar-refractivity contribution in [1.29, 1.82) is 0 Å². The van der Waals surface area contributed by atoms with Gasteiger partial charge in [0.25, 0.3) is 0 Å². The highest BCUT2D eigenvalue weighted by Gasteiger charge is 2.12. The van der Waals surface area contributed by atoms with Gasteiger partial charge in [0.15, 0.2) is 5.65 Å². The van der Waals surface area contributed by atoms with Crippen LogP contribution in [0.5, 0.6) is 0 Å². The van der Waals surface area contributed by atoms with Crippen LogP contribution >= 0.6 is 0 Å². The van der Waals surface area contributed by atoms with E-state index in [9.17, 15) is 0 Å². The SMILES string of the molecule is Cc1nc2ncc(-c3cnnn3C)cc2n1Cc1ccccc1. The van der Waals surface area contributed by atoms with E-state index in [1.165, 1.54) is 5.56 Å². The van der Waals surface area contributed by atoms with Gasteiger partial charge in [0.2, 0.25) is 0 Å². The minimum absolute atomic E-state index is 0.761. The topological polar surface area (TPSA) is 61.4 Å². The molecule has 0 aliphatic carbocycles. The number of benzene rings is 1. The van der Waals surface area contributed by atoms with Crippen molar-refractivity contribution >= 4 is 11.2 Å². The quantitative estimate of drug-likeness (QED) is 0.583. The van der Waals surface area contributed by atoms with E-state index >= 15 is 0 Å². The fourth-order valence-corrected chi connectivity index (χ4v) is 2.78. The third-order valence-electron chi connectivity index (χ3n) is 3.99. The molecule has 6 heteroatoms. The van der Waals surface area contributed by atoms with Crippen molar-refractivity contribution in [3.05, 3.63) is 60.2 Å². The van der Waals surface area contributed by atoms with Crippen molar-refractivity contribution in [2.24, 2.45) is 7.05 Å². The Morgan fingerprint density at radius 3 is 2.65 bits per heavy atom. The second-order valence-corrected chi connectivity index (χ2v) is 5.54. The van der Waals surface area contributed by atoms with Gasteiger partial charge in [0.05, 0.1) is 17.4 Å². The highest BCUT2D eigenvalue weighted by molar-refractivity contribution is 5.77. The maximum Gasteiger partial charge on any atom is 0.177 e. The summed E-state index contributed by atoms with van der Waals surface area (Å²) < 4.78 is 3.93. The van der Waals surface area contributed by atoms with Gasteiger partial charge >= 0.3 is 0 Å². The van der Waals surface area contributed by atoms with E-state index in [4.69, 9.17) is 0 Å². The van der Waals surface area contributed by atoms with E-state index < -0.39 is 0 Å². The lowest BCUT2D eigenvalue weighted by Crippen LogP contribution is -2.02. The van der Waals surface area contributed by atoms with Gasteiger partial charge < -0.3 is 4.57 Å². The van der Waals surface area contributed by atoms with Gasteiger partial charge in [-0.1, -0.05) is 35.5 Å². The maximum atomic E-state index is 4.57. The Bertz CT molecular complexity index is 967. The first-order valence-electron chi connectivity index (χ1n) is 7.44. The monoisotopic (exact) mass is 304 g/mol. The summed E-state index contributed by atoms with van der Waals surface area (Å²) in [5, 5.41) is 7.92. The third-order valence-corrected chi connectivity index (χ3v) is 3.99. The van der Waals surface area contributed by atoms with E-state index in [1.807, 2.05) is 26.2 Å². The summed E-state index contributed by atoms with van der Waals surface area (Å²) in [5.41, 5.74) is 4.94. The van der Waals surface area contributed by atoms with Crippen molar-refractivity contribution in [2.45, 2.75) is 13.5 Å². The molecule has 0 unspecified atom stereocenters. The van der Waals surface area contributed by atoms with Gasteiger partial charge in [-0.15, -0.1) is 5.10 Å². The Balaban J connectivity index is 1.84. The van der Waals surface area contributed by atoms with Gasteiger partial charge in [-0.3, -0.25) is 0 Å². The summed E-state index contributed by atoms with van der Waals surface area (Å²) in [4.78, 5) is 9.07. The fourth-order valence-electron chi connectivity index (χ4n) is 2.78. The van der Waals surface area contributed by atoms with Gasteiger partial charge in [-0.2, -0.15) is 0 Å². The number of hydrogen-bond donors (Lipinski definition) is 0. The molecule has 1 aromatic carbocycles. The van der Waals surface area contributed by atoms with Crippen molar-refractivity contribution in [3.8, 4) is 11.3 Å². The molecule has 3 heterocycles. The third kappa shape index (κ3) is 2.38. The standard InChI is InChI=1S/C17H16N6/c1-12-20-17-15(23(12)11-13-6-4-3-5-7-13)8-14(9-18-17)16-10-19-21-22(16)2/h3-10H,11H2,1-2H3. The molecule has 4 rings (SSSR count). The summed E-state index contributed by atoms with van der Waals surface area (Å²) in [5.74, 6) is 0.955. The second kappa shape index (κ2) is 5.31. The zero-order chi connectivity index (χ0) is 15.8. The van der Waals surface area contributed by atoms with E-state index in [1.54, 1.807) is 10.9 Å². The van der Waals surface area contributed by atoms with E-state index in [0.717, 1.165) is 34.8 Å². The molecule has 0 radical (unpaired) electrons. The van der Waals surface area contributed by atoms with Crippen LogP contribution in [0, 0.1) is 6.92 Å². The Morgan fingerprint density at radius 2 is 1.91 bits per heavy atom. The van der Waals surface area contributed by atoms with Gasteiger partial charge in [0.1, 0.15) is 5.82 Å². The zero-order valence-corrected chi connectivity index (χ0v) is 13.0. The lowest BCUT2D eigenvalue weighted by molar-refractivity contribution is 0.720. The minimum atomic E-state index is 0.761. The van der Waals surface area contributed by atoms with E-state index in [-0.39, 0.29) is 0 Å². The number of hydrogen-bond acceptors (Lipinski definition) is 4. The first-order valence-corrected chi connectivity index (χ1v) is 7.44. The molecular formula is C17H16N6. The molecule has 0 atom stereocenters. The number of nitrogens with zero attached hydrogens (tertiary/aromatic N) is 6. The van der Waals surface area contributed by atoms with Crippen LogP contribution in [0.1, 0.15) is 11.4 Å². The number of pyridine rings is 1. The maximum absolute atomic E-state index is 4.57. The predicted octanol–water partition coefficient (Wildman–Crippen LogP) is 2.58. The summed E-state index contributed by atoms with van der Waals surface area (Å²) >= 11 is 0. The number of aromatic nitrogens is 6. The van der Waals surface area contributed by atoms with Crippen LogP contribution in [0.15, 0.2) is 48.8 Å². The van der Waals surface area contributed by atoms with E-state index in [2.05, 4.69) is 55.2 Å². The lowest BCUT2D eigenvalue weighted by Gasteiger charge is -2.07. The Kier molecular flexibility index (Phi) is 3.15. The van der Waals surface area contributed by atoms with E-state index in [0.29, 0.717) is 0 Å². The lowest BCUT2D eigenvalue weighted by atomic mass is 10.2. The van der Waals surface area contributed by atoms with Gasteiger partial charge in [-0.25, -0.2) is 14.6 Å². The number of imidazole rings is 1.